The summed E-state index contributed by atoms with van der Waals surface area (Å²) in [6.07, 6.45) is 4.51. The van der Waals surface area contributed by atoms with Gasteiger partial charge >= 0.3 is 0 Å². The average Bonchev–Trinajstić information content (AvgIpc) is 2.77. The Balaban J connectivity index is 1.77. The van der Waals surface area contributed by atoms with Crippen LogP contribution in [0.4, 0.5) is 0 Å². The molecule has 1 amide bonds. The number of rotatable bonds is 4. The van der Waals surface area contributed by atoms with Crippen LogP contribution in [0.3, 0.4) is 0 Å². The fourth-order valence-corrected chi connectivity index (χ4v) is 3.26. The normalized spacial score (nSPS) is 29.8. The van der Waals surface area contributed by atoms with E-state index in [4.69, 9.17) is 0 Å². The van der Waals surface area contributed by atoms with Crippen molar-refractivity contribution >= 4 is 5.91 Å². The maximum absolute atomic E-state index is 12.1. The lowest BCUT2D eigenvalue weighted by Crippen LogP contribution is -2.47. The molecule has 2 aliphatic rings. The first-order valence-electron chi connectivity index (χ1n) is 7.46. The van der Waals surface area contributed by atoms with E-state index in [1.165, 1.54) is 19.3 Å². The van der Waals surface area contributed by atoms with E-state index in [1.807, 2.05) is 4.90 Å². The second-order valence-corrected chi connectivity index (χ2v) is 5.61. The van der Waals surface area contributed by atoms with E-state index >= 15 is 0 Å². The third-order valence-electron chi connectivity index (χ3n) is 4.48. The molecule has 2 aliphatic heterocycles. The van der Waals surface area contributed by atoms with Gasteiger partial charge in [-0.25, -0.2) is 0 Å². The highest BCUT2D eigenvalue weighted by atomic mass is 16.2. The van der Waals surface area contributed by atoms with Gasteiger partial charge in [-0.15, -0.1) is 0 Å². The molecule has 4 heteroatoms. The maximum atomic E-state index is 12.1. The number of piperazine rings is 1. The van der Waals surface area contributed by atoms with Crippen molar-refractivity contribution in [1.82, 2.24) is 15.1 Å². The monoisotopic (exact) mass is 253 g/mol. The summed E-state index contributed by atoms with van der Waals surface area (Å²) < 4.78 is 0. The summed E-state index contributed by atoms with van der Waals surface area (Å²) in [4.78, 5) is 16.7. The second kappa shape index (κ2) is 6.53. The Morgan fingerprint density at radius 1 is 1.28 bits per heavy atom. The van der Waals surface area contributed by atoms with E-state index in [1.54, 1.807) is 0 Å². The minimum atomic E-state index is 0.338. The topological polar surface area (TPSA) is 35.6 Å². The predicted octanol–water partition coefficient (Wildman–Crippen LogP) is 1.07. The lowest BCUT2D eigenvalue weighted by atomic mass is 10.1. The first-order valence-corrected chi connectivity index (χ1v) is 7.46. The molecule has 2 rings (SSSR count). The number of carbonyl (C=O) groups excluding carboxylic acids is 1. The van der Waals surface area contributed by atoms with Crippen molar-refractivity contribution in [2.45, 2.75) is 51.6 Å². The minimum Gasteiger partial charge on any atom is -0.340 e. The summed E-state index contributed by atoms with van der Waals surface area (Å²) in [5, 5.41) is 3.29. The summed E-state index contributed by atoms with van der Waals surface area (Å²) in [6.45, 7) is 9.16. The summed E-state index contributed by atoms with van der Waals surface area (Å²) in [5.41, 5.74) is 0. The second-order valence-electron chi connectivity index (χ2n) is 5.61. The Morgan fingerprint density at radius 3 is 2.67 bits per heavy atom. The maximum Gasteiger partial charge on any atom is 0.223 e. The Morgan fingerprint density at radius 2 is 2.00 bits per heavy atom. The van der Waals surface area contributed by atoms with Crippen LogP contribution in [0.5, 0.6) is 0 Å². The van der Waals surface area contributed by atoms with Crippen LogP contribution in [0, 0.1) is 0 Å². The molecule has 2 unspecified atom stereocenters. The van der Waals surface area contributed by atoms with E-state index in [9.17, 15) is 4.79 Å². The van der Waals surface area contributed by atoms with E-state index in [2.05, 4.69) is 24.1 Å². The zero-order chi connectivity index (χ0) is 13.0. The van der Waals surface area contributed by atoms with Gasteiger partial charge < -0.3 is 10.2 Å². The zero-order valence-electron chi connectivity index (χ0n) is 11.8. The van der Waals surface area contributed by atoms with Gasteiger partial charge in [0, 0.05) is 51.2 Å². The van der Waals surface area contributed by atoms with Gasteiger partial charge in [-0.05, 0) is 26.2 Å². The van der Waals surface area contributed by atoms with Crippen molar-refractivity contribution in [1.29, 1.82) is 0 Å². The first-order chi connectivity index (χ1) is 8.72. The van der Waals surface area contributed by atoms with E-state index < -0.39 is 0 Å². The van der Waals surface area contributed by atoms with Crippen LogP contribution in [0.15, 0.2) is 0 Å². The quantitative estimate of drug-likeness (QED) is 0.814. The Hall–Kier alpha value is -0.610. The number of nitrogens with zero attached hydrogens (tertiary/aromatic N) is 2. The minimum absolute atomic E-state index is 0.338. The molecule has 0 aromatic carbocycles. The van der Waals surface area contributed by atoms with Gasteiger partial charge in [-0.2, -0.15) is 0 Å². The highest BCUT2D eigenvalue weighted by Crippen LogP contribution is 2.25. The zero-order valence-corrected chi connectivity index (χ0v) is 11.8. The summed E-state index contributed by atoms with van der Waals surface area (Å²) in [5.74, 6) is 0.338. The van der Waals surface area contributed by atoms with Crippen molar-refractivity contribution in [3.8, 4) is 0 Å². The lowest BCUT2D eigenvalue weighted by molar-refractivity contribution is -0.132. The molecular formula is C14H27N3O. The van der Waals surface area contributed by atoms with Crippen LogP contribution in [-0.4, -0.2) is 60.5 Å². The SMILES string of the molecule is CCC1CCC(C)N1CCC(=O)N1CCNCC1. The third-order valence-corrected chi connectivity index (χ3v) is 4.48. The van der Waals surface area contributed by atoms with Crippen molar-refractivity contribution in [3.05, 3.63) is 0 Å². The van der Waals surface area contributed by atoms with Crippen LogP contribution >= 0.6 is 0 Å². The number of hydrogen-bond donors (Lipinski definition) is 1. The molecule has 0 saturated carbocycles. The molecule has 0 radical (unpaired) electrons. The predicted molar refractivity (Wildman–Crippen MR) is 73.5 cm³/mol. The molecule has 2 heterocycles. The Kier molecular flexibility index (Phi) is 5.01. The molecule has 104 valence electrons. The summed E-state index contributed by atoms with van der Waals surface area (Å²) >= 11 is 0. The van der Waals surface area contributed by atoms with E-state index in [0.29, 0.717) is 24.4 Å². The van der Waals surface area contributed by atoms with Gasteiger partial charge in [0.2, 0.25) is 5.91 Å². The first kappa shape index (κ1) is 13.8. The standard InChI is InChI=1S/C14H27N3O/c1-3-13-5-4-12(2)17(13)9-6-14(18)16-10-7-15-8-11-16/h12-13,15H,3-11H2,1-2H3. The fourth-order valence-electron chi connectivity index (χ4n) is 3.26. The fraction of sp³-hybridized carbons (Fsp3) is 0.929. The number of nitrogens with one attached hydrogen (secondary N) is 1. The molecule has 0 aromatic heterocycles. The summed E-state index contributed by atoms with van der Waals surface area (Å²) in [7, 11) is 0. The molecular weight excluding hydrogens is 226 g/mol. The van der Waals surface area contributed by atoms with Crippen molar-refractivity contribution in [3.63, 3.8) is 0 Å². The molecule has 18 heavy (non-hydrogen) atoms. The highest BCUT2D eigenvalue weighted by molar-refractivity contribution is 5.76. The van der Waals surface area contributed by atoms with Crippen LogP contribution < -0.4 is 5.32 Å². The molecule has 0 spiro atoms. The highest BCUT2D eigenvalue weighted by Gasteiger charge is 2.29. The van der Waals surface area contributed by atoms with Gasteiger partial charge in [0.05, 0.1) is 0 Å². The number of carbonyl (C=O) groups is 1. The van der Waals surface area contributed by atoms with Gasteiger partial charge in [0.25, 0.3) is 0 Å². The Bertz CT molecular complexity index is 276. The van der Waals surface area contributed by atoms with E-state index in [0.717, 1.165) is 32.7 Å². The van der Waals surface area contributed by atoms with Gasteiger partial charge in [0.15, 0.2) is 0 Å². The molecule has 0 bridgehead atoms. The van der Waals surface area contributed by atoms with Crippen molar-refractivity contribution in [2.75, 3.05) is 32.7 Å². The van der Waals surface area contributed by atoms with Gasteiger partial charge in [-0.1, -0.05) is 6.92 Å². The molecule has 1 N–H and O–H groups in total. The number of hydrogen-bond acceptors (Lipinski definition) is 3. The average molecular weight is 253 g/mol. The van der Waals surface area contributed by atoms with E-state index in [-0.39, 0.29) is 0 Å². The van der Waals surface area contributed by atoms with Crippen molar-refractivity contribution < 1.29 is 4.79 Å². The van der Waals surface area contributed by atoms with Crippen LogP contribution in [0.2, 0.25) is 0 Å². The summed E-state index contributed by atoms with van der Waals surface area (Å²) in [6, 6.07) is 1.36. The molecule has 2 fully saturated rings. The van der Waals surface area contributed by atoms with Crippen molar-refractivity contribution in [2.24, 2.45) is 0 Å². The third kappa shape index (κ3) is 3.23. The van der Waals surface area contributed by atoms with Crippen LogP contribution in [-0.2, 0) is 4.79 Å². The molecule has 4 nitrogen and oxygen atoms in total. The largest absolute Gasteiger partial charge is 0.340 e. The van der Waals surface area contributed by atoms with Gasteiger partial charge in [0.1, 0.15) is 0 Å². The molecule has 0 aromatic rings. The smallest absolute Gasteiger partial charge is 0.223 e. The number of likely N-dealkylation sites (tertiary alicyclic amines) is 1. The molecule has 2 atom stereocenters. The number of amides is 1. The molecule has 2 saturated heterocycles. The Labute approximate surface area is 111 Å². The van der Waals surface area contributed by atoms with Gasteiger partial charge in [-0.3, -0.25) is 9.69 Å². The lowest BCUT2D eigenvalue weighted by Gasteiger charge is -2.30. The van der Waals surface area contributed by atoms with Crippen LogP contribution in [0.1, 0.15) is 39.5 Å². The molecule has 0 aliphatic carbocycles. The van der Waals surface area contributed by atoms with Crippen LogP contribution in [0.25, 0.3) is 0 Å².